The quantitative estimate of drug-likeness (QED) is 0.411. The van der Waals surface area contributed by atoms with Crippen LogP contribution in [-0.4, -0.2) is 15.0 Å². The first-order valence-electron chi connectivity index (χ1n) is 7.95. The first-order chi connectivity index (χ1) is 13.1. The molecule has 4 aromatic rings. The third kappa shape index (κ3) is 3.93. The fourth-order valence-corrected chi connectivity index (χ4v) is 4.04. The lowest BCUT2D eigenvalue weighted by Crippen LogP contribution is -2.02. The van der Waals surface area contributed by atoms with Gasteiger partial charge in [0.05, 0.1) is 5.52 Å². The highest BCUT2D eigenvalue weighted by Crippen LogP contribution is 2.37. The van der Waals surface area contributed by atoms with Crippen molar-refractivity contribution in [2.75, 3.05) is 11.1 Å². The number of fused-ring (bicyclic) bond motifs is 1. The molecule has 0 fully saturated rings. The van der Waals surface area contributed by atoms with Gasteiger partial charge in [0, 0.05) is 32.2 Å². The number of hydrogen-bond donors (Lipinski definition) is 2. The molecule has 0 saturated heterocycles. The van der Waals surface area contributed by atoms with E-state index in [2.05, 4.69) is 20.3 Å². The van der Waals surface area contributed by atoms with Crippen molar-refractivity contribution in [2.45, 2.75) is 9.92 Å². The van der Waals surface area contributed by atoms with Gasteiger partial charge in [0.25, 0.3) is 0 Å². The Hall–Kier alpha value is -2.54. The molecule has 5 nitrogen and oxygen atoms in total. The molecule has 0 aliphatic rings. The lowest BCUT2D eigenvalue weighted by atomic mass is 10.2. The second kappa shape index (κ2) is 7.60. The Labute approximate surface area is 170 Å². The summed E-state index contributed by atoms with van der Waals surface area (Å²) in [5.74, 6) is 0.485. The highest BCUT2D eigenvalue weighted by molar-refractivity contribution is 7.99. The Morgan fingerprint density at radius 2 is 1.70 bits per heavy atom. The van der Waals surface area contributed by atoms with Gasteiger partial charge >= 0.3 is 0 Å². The van der Waals surface area contributed by atoms with Gasteiger partial charge in [-0.15, -0.1) is 0 Å². The van der Waals surface area contributed by atoms with Gasteiger partial charge in [0.15, 0.2) is 5.82 Å². The van der Waals surface area contributed by atoms with Crippen molar-refractivity contribution in [3.8, 4) is 0 Å². The number of aromatic nitrogens is 3. The number of halogens is 2. The van der Waals surface area contributed by atoms with Crippen LogP contribution in [0.1, 0.15) is 0 Å². The maximum absolute atomic E-state index is 6.30. The summed E-state index contributed by atoms with van der Waals surface area (Å²) in [5, 5.41) is 5.88. The van der Waals surface area contributed by atoms with Crippen LogP contribution in [0.4, 0.5) is 17.2 Å². The van der Waals surface area contributed by atoms with Gasteiger partial charge in [-0.3, -0.25) is 4.98 Å². The summed E-state index contributed by atoms with van der Waals surface area (Å²) in [6.07, 6.45) is 3.23. The predicted octanol–water partition coefficient (Wildman–Crippen LogP) is 5.81. The number of para-hydroxylation sites is 1. The van der Waals surface area contributed by atoms with Gasteiger partial charge < -0.3 is 11.1 Å². The zero-order valence-electron chi connectivity index (χ0n) is 13.9. The van der Waals surface area contributed by atoms with Crippen LogP contribution in [0.25, 0.3) is 10.9 Å². The molecule has 4 rings (SSSR count). The average Bonchev–Trinajstić information content (AvgIpc) is 2.64. The summed E-state index contributed by atoms with van der Waals surface area (Å²) < 4.78 is 0. The normalized spacial score (nSPS) is 10.9. The van der Waals surface area contributed by atoms with Gasteiger partial charge in [-0.2, -0.15) is 0 Å². The van der Waals surface area contributed by atoms with E-state index in [-0.39, 0.29) is 0 Å². The van der Waals surface area contributed by atoms with Crippen LogP contribution in [0.2, 0.25) is 10.0 Å². The van der Waals surface area contributed by atoms with E-state index in [0.29, 0.717) is 32.3 Å². The van der Waals surface area contributed by atoms with Gasteiger partial charge in [0.2, 0.25) is 0 Å². The molecular formula is C19H13Cl2N5S. The minimum absolute atomic E-state index is 0.437. The van der Waals surface area contributed by atoms with E-state index in [0.717, 1.165) is 15.8 Å². The van der Waals surface area contributed by atoms with Crippen LogP contribution in [0.3, 0.4) is 0 Å². The molecule has 0 saturated carbocycles. The molecule has 0 radical (unpaired) electrons. The first kappa shape index (κ1) is 17.9. The minimum Gasteiger partial charge on any atom is -0.394 e. The number of benzene rings is 2. The lowest BCUT2D eigenvalue weighted by Gasteiger charge is -2.12. The summed E-state index contributed by atoms with van der Waals surface area (Å²) >= 11 is 13.5. The second-order valence-electron chi connectivity index (χ2n) is 5.66. The summed E-state index contributed by atoms with van der Waals surface area (Å²) in [6, 6.07) is 15.1. The molecule has 0 unspecified atom stereocenters. The molecule has 0 aliphatic carbocycles. The van der Waals surface area contributed by atoms with Crippen LogP contribution >= 0.6 is 35.0 Å². The SMILES string of the molecule is Nc1c(Nc2cc(Cl)cc(Cl)c2)ncnc1Sc1cccc2cccnc12. The molecule has 0 atom stereocenters. The van der Waals surface area contributed by atoms with Crippen molar-refractivity contribution >= 4 is 63.1 Å². The molecule has 0 amide bonds. The van der Waals surface area contributed by atoms with E-state index in [1.165, 1.54) is 18.1 Å². The van der Waals surface area contributed by atoms with Crippen LogP contribution in [-0.2, 0) is 0 Å². The van der Waals surface area contributed by atoms with Crippen molar-refractivity contribution in [3.63, 3.8) is 0 Å². The van der Waals surface area contributed by atoms with E-state index in [1.807, 2.05) is 30.3 Å². The Bertz CT molecular complexity index is 1110. The molecule has 2 aromatic heterocycles. The smallest absolute Gasteiger partial charge is 0.158 e. The molecule has 2 heterocycles. The van der Waals surface area contributed by atoms with Crippen molar-refractivity contribution < 1.29 is 0 Å². The molecule has 134 valence electrons. The standard InChI is InChI=1S/C19H13Cl2N5S/c20-12-7-13(21)9-14(8-12)26-18-16(22)19(25-10-24-18)27-15-5-1-3-11-4-2-6-23-17(11)15/h1-10H,22H2,(H,24,25,26). The molecule has 0 spiro atoms. The van der Waals surface area contributed by atoms with Crippen molar-refractivity contribution in [1.29, 1.82) is 0 Å². The minimum atomic E-state index is 0.437. The average molecular weight is 414 g/mol. The van der Waals surface area contributed by atoms with Crippen LogP contribution in [0.5, 0.6) is 0 Å². The largest absolute Gasteiger partial charge is 0.394 e. The van der Waals surface area contributed by atoms with Gasteiger partial charge in [-0.1, -0.05) is 53.2 Å². The fraction of sp³-hybridized carbons (Fsp3) is 0. The second-order valence-corrected chi connectivity index (χ2v) is 7.56. The number of pyridine rings is 1. The van der Waals surface area contributed by atoms with Gasteiger partial charge in [0.1, 0.15) is 17.0 Å². The monoisotopic (exact) mass is 413 g/mol. The zero-order chi connectivity index (χ0) is 18.8. The number of nitrogens with two attached hydrogens (primary N) is 1. The number of nitrogens with one attached hydrogen (secondary N) is 1. The van der Waals surface area contributed by atoms with Crippen molar-refractivity contribution in [1.82, 2.24) is 15.0 Å². The maximum atomic E-state index is 6.30. The van der Waals surface area contributed by atoms with Crippen molar-refractivity contribution in [2.24, 2.45) is 0 Å². The number of nitrogen functional groups attached to an aromatic ring is 1. The van der Waals surface area contributed by atoms with E-state index < -0.39 is 0 Å². The maximum Gasteiger partial charge on any atom is 0.158 e. The summed E-state index contributed by atoms with van der Waals surface area (Å²) in [5.41, 5.74) is 8.34. The fourth-order valence-electron chi connectivity index (χ4n) is 2.59. The Morgan fingerprint density at radius 1 is 0.926 bits per heavy atom. The lowest BCUT2D eigenvalue weighted by molar-refractivity contribution is 1.06. The topological polar surface area (TPSA) is 76.7 Å². The zero-order valence-corrected chi connectivity index (χ0v) is 16.2. The number of rotatable bonds is 4. The first-order valence-corrected chi connectivity index (χ1v) is 9.52. The molecule has 0 bridgehead atoms. The van der Waals surface area contributed by atoms with E-state index in [1.54, 1.807) is 24.4 Å². The summed E-state index contributed by atoms with van der Waals surface area (Å²) in [6.45, 7) is 0. The molecule has 0 aliphatic heterocycles. The van der Waals surface area contributed by atoms with Crippen LogP contribution < -0.4 is 11.1 Å². The number of nitrogens with zero attached hydrogens (tertiary/aromatic N) is 3. The van der Waals surface area contributed by atoms with E-state index in [4.69, 9.17) is 28.9 Å². The molecule has 3 N–H and O–H groups in total. The molecular weight excluding hydrogens is 401 g/mol. The number of anilines is 3. The van der Waals surface area contributed by atoms with Crippen molar-refractivity contribution in [3.05, 3.63) is 71.1 Å². The third-order valence-corrected chi connectivity index (χ3v) is 5.28. The highest BCUT2D eigenvalue weighted by atomic mass is 35.5. The predicted molar refractivity (Wildman–Crippen MR) is 112 cm³/mol. The van der Waals surface area contributed by atoms with Gasteiger partial charge in [-0.05, 0) is 30.3 Å². The van der Waals surface area contributed by atoms with Crippen LogP contribution in [0.15, 0.2) is 71.0 Å². The summed E-state index contributed by atoms with van der Waals surface area (Å²) in [7, 11) is 0. The Kier molecular flexibility index (Phi) is 5.03. The van der Waals surface area contributed by atoms with Gasteiger partial charge in [-0.25, -0.2) is 9.97 Å². The molecule has 27 heavy (non-hydrogen) atoms. The molecule has 8 heteroatoms. The molecule has 2 aromatic carbocycles. The van der Waals surface area contributed by atoms with Crippen LogP contribution in [0, 0.1) is 0 Å². The highest BCUT2D eigenvalue weighted by Gasteiger charge is 2.12. The summed E-state index contributed by atoms with van der Waals surface area (Å²) in [4.78, 5) is 14.0. The Morgan fingerprint density at radius 3 is 2.52 bits per heavy atom. The van der Waals surface area contributed by atoms with E-state index >= 15 is 0 Å². The third-order valence-electron chi connectivity index (χ3n) is 3.77. The Balaban J connectivity index is 1.67. The number of hydrogen-bond acceptors (Lipinski definition) is 6. The van der Waals surface area contributed by atoms with E-state index in [9.17, 15) is 0 Å².